The molecule has 1 aliphatic rings. The molecule has 0 N–H and O–H groups in total. The summed E-state index contributed by atoms with van der Waals surface area (Å²) in [5, 5.41) is 1.07. The van der Waals surface area contributed by atoms with Gasteiger partial charge in [-0.3, -0.25) is 0 Å². The van der Waals surface area contributed by atoms with Crippen molar-refractivity contribution in [3.05, 3.63) is 5.82 Å². The molecule has 3 nitrogen and oxygen atoms in total. The minimum atomic E-state index is 0.551. The topological polar surface area (TPSA) is 29.0 Å². The number of hydrogen-bond acceptors (Lipinski definition) is 4. The molecule has 14 heavy (non-hydrogen) atoms. The summed E-state index contributed by atoms with van der Waals surface area (Å²) in [6, 6.07) is 0.551. The molecule has 2 rings (SSSR count). The van der Waals surface area contributed by atoms with Crippen molar-refractivity contribution in [2.75, 3.05) is 11.9 Å². The van der Waals surface area contributed by atoms with Crippen molar-refractivity contribution in [3.8, 4) is 0 Å². The fourth-order valence-electron chi connectivity index (χ4n) is 1.34. The van der Waals surface area contributed by atoms with E-state index >= 15 is 0 Å². The largest absolute Gasteiger partial charge is 0.347 e. The molecule has 0 aromatic carbocycles. The third kappa shape index (κ3) is 1.90. The Hall–Kier alpha value is -0.640. The third-order valence-corrected chi connectivity index (χ3v) is 3.75. The predicted octanol–water partition coefficient (Wildman–Crippen LogP) is 2.65. The summed E-state index contributed by atoms with van der Waals surface area (Å²) in [4.78, 5) is 6.80. The van der Waals surface area contributed by atoms with Crippen LogP contribution in [0.1, 0.15) is 44.9 Å². The molecule has 0 aliphatic heterocycles. The third-order valence-electron chi connectivity index (χ3n) is 2.93. The van der Waals surface area contributed by atoms with E-state index < -0.39 is 0 Å². The minimum Gasteiger partial charge on any atom is -0.347 e. The number of rotatable bonds is 4. The SMILES string of the molecule is CCC(C)N(C)c1nc(C2CC2)ns1. The quantitative estimate of drug-likeness (QED) is 0.766. The lowest BCUT2D eigenvalue weighted by Crippen LogP contribution is -2.27. The molecule has 1 aromatic rings. The van der Waals surface area contributed by atoms with Crippen molar-refractivity contribution in [3.63, 3.8) is 0 Å². The van der Waals surface area contributed by atoms with Gasteiger partial charge in [-0.1, -0.05) is 6.92 Å². The maximum Gasteiger partial charge on any atom is 0.205 e. The molecule has 0 bridgehead atoms. The van der Waals surface area contributed by atoms with E-state index in [1.807, 2.05) is 0 Å². The Morgan fingerprint density at radius 3 is 2.86 bits per heavy atom. The standard InChI is InChI=1S/C10H17N3S/c1-4-7(2)13(3)10-11-9(12-14-10)8-5-6-8/h7-8H,4-6H2,1-3H3. The second kappa shape index (κ2) is 3.85. The van der Waals surface area contributed by atoms with Crippen LogP contribution in [-0.4, -0.2) is 22.4 Å². The van der Waals surface area contributed by atoms with Gasteiger partial charge in [-0.05, 0) is 26.2 Å². The van der Waals surface area contributed by atoms with Gasteiger partial charge in [-0.25, -0.2) is 4.98 Å². The van der Waals surface area contributed by atoms with Crippen LogP contribution < -0.4 is 4.90 Å². The van der Waals surface area contributed by atoms with Crippen molar-refractivity contribution in [1.82, 2.24) is 9.36 Å². The van der Waals surface area contributed by atoms with Crippen LogP contribution in [0.5, 0.6) is 0 Å². The lowest BCUT2D eigenvalue weighted by Gasteiger charge is -2.22. The highest BCUT2D eigenvalue weighted by atomic mass is 32.1. The van der Waals surface area contributed by atoms with E-state index in [-0.39, 0.29) is 0 Å². The summed E-state index contributed by atoms with van der Waals surface area (Å²) in [5.74, 6) is 1.74. The first kappa shape index (κ1) is 9.90. The fourth-order valence-corrected chi connectivity index (χ4v) is 2.15. The number of hydrogen-bond donors (Lipinski definition) is 0. The van der Waals surface area contributed by atoms with Gasteiger partial charge in [0.2, 0.25) is 5.13 Å². The lowest BCUT2D eigenvalue weighted by molar-refractivity contribution is 0.661. The van der Waals surface area contributed by atoms with E-state index in [4.69, 9.17) is 0 Å². The van der Waals surface area contributed by atoms with Crippen molar-refractivity contribution in [2.24, 2.45) is 0 Å². The van der Waals surface area contributed by atoms with E-state index in [0.717, 1.165) is 17.4 Å². The Labute approximate surface area is 89.3 Å². The average molecular weight is 211 g/mol. The van der Waals surface area contributed by atoms with Gasteiger partial charge in [0.25, 0.3) is 0 Å². The Bertz CT molecular complexity index is 306. The molecular weight excluding hydrogens is 194 g/mol. The zero-order chi connectivity index (χ0) is 10.1. The molecule has 0 radical (unpaired) electrons. The van der Waals surface area contributed by atoms with Crippen LogP contribution >= 0.6 is 11.5 Å². The highest BCUT2D eigenvalue weighted by Crippen LogP contribution is 2.39. The van der Waals surface area contributed by atoms with Gasteiger partial charge in [-0.15, -0.1) is 0 Å². The molecule has 1 unspecified atom stereocenters. The zero-order valence-corrected chi connectivity index (χ0v) is 9.84. The van der Waals surface area contributed by atoms with E-state index in [9.17, 15) is 0 Å². The van der Waals surface area contributed by atoms with E-state index in [1.54, 1.807) is 0 Å². The Kier molecular flexibility index (Phi) is 2.72. The average Bonchev–Trinajstić information content (AvgIpc) is 2.94. The van der Waals surface area contributed by atoms with Crippen LogP contribution in [0.2, 0.25) is 0 Å². The van der Waals surface area contributed by atoms with Crippen LogP contribution in [0.15, 0.2) is 0 Å². The lowest BCUT2D eigenvalue weighted by atomic mass is 10.2. The van der Waals surface area contributed by atoms with E-state index in [2.05, 4.69) is 35.2 Å². The molecule has 0 saturated heterocycles. The van der Waals surface area contributed by atoms with Crippen LogP contribution in [-0.2, 0) is 0 Å². The molecule has 1 saturated carbocycles. The van der Waals surface area contributed by atoms with E-state index in [1.165, 1.54) is 24.4 Å². The van der Waals surface area contributed by atoms with E-state index in [0.29, 0.717) is 12.0 Å². The summed E-state index contributed by atoms with van der Waals surface area (Å²) < 4.78 is 4.40. The molecule has 4 heteroatoms. The van der Waals surface area contributed by atoms with Gasteiger partial charge in [0.05, 0.1) is 0 Å². The highest BCUT2D eigenvalue weighted by molar-refractivity contribution is 7.09. The van der Waals surface area contributed by atoms with Crippen LogP contribution in [0, 0.1) is 0 Å². The zero-order valence-electron chi connectivity index (χ0n) is 9.03. The van der Waals surface area contributed by atoms with Crippen molar-refractivity contribution in [1.29, 1.82) is 0 Å². The molecule has 1 aliphatic carbocycles. The van der Waals surface area contributed by atoms with Crippen molar-refractivity contribution in [2.45, 2.75) is 45.1 Å². The molecular formula is C10H17N3S. The van der Waals surface area contributed by atoms with Gasteiger partial charge < -0.3 is 4.90 Å². The van der Waals surface area contributed by atoms with Gasteiger partial charge in [0.1, 0.15) is 5.82 Å². The molecule has 1 atom stereocenters. The Morgan fingerprint density at radius 1 is 1.57 bits per heavy atom. The van der Waals surface area contributed by atoms with Crippen LogP contribution in [0.3, 0.4) is 0 Å². The highest BCUT2D eigenvalue weighted by Gasteiger charge is 2.28. The van der Waals surface area contributed by atoms with Gasteiger partial charge in [0.15, 0.2) is 0 Å². The van der Waals surface area contributed by atoms with Gasteiger partial charge >= 0.3 is 0 Å². The molecule has 0 amide bonds. The van der Waals surface area contributed by atoms with Crippen LogP contribution in [0.25, 0.3) is 0 Å². The maximum atomic E-state index is 4.57. The first-order valence-corrected chi connectivity index (χ1v) is 6.06. The normalized spacial score (nSPS) is 18.2. The first-order valence-electron chi connectivity index (χ1n) is 5.28. The van der Waals surface area contributed by atoms with Crippen molar-refractivity contribution >= 4 is 16.7 Å². The molecule has 0 spiro atoms. The maximum absolute atomic E-state index is 4.57. The summed E-state index contributed by atoms with van der Waals surface area (Å²) in [6.45, 7) is 4.42. The molecule has 1 fully saturated rings. The minimum absolute atomic E-state index is 0.551. The summed E-state index contributed by atoms with van der Waals surface area (Å²) in [5.41, 5.74) is 0. The summed E-state index contributed by atoms with van der Waals surface area (Å²) in [6.07, 6.45) is 3.71. The monoisotopic (exact) mass is 211 g/mol. The van der Waals surface area contributed by atoms with Crippen LogP contribution in [0.4, 0.5) is 5.13 Å². The second-order valence-corrected chi connectivity index (χ2v) is 4.81. The van der Waals surface area contributed by atoms with Gasteiger partial charge in [0, 0.05) is 30.5 Å². The number of nitrogens with zero attached hydrogens (tertiary/aromatic N) is 3. The van der Waals surface area contributed by atoms with Crippen molar-refractivity contribution < 1.29 is 0 Å². The van der Waals surface area contributed by atoms with Gasteiger partial charge in [-0.2, -0.15) is 4.37 Å². The Balaban J connectivity index is 2.07. The molecule has 1 aromatic heterocycles. The summed E-state index contributed by atoms with van der Waals surface area (Å²) >= 11 is 1.53. The predicted molar refractivity (Wildman–Crippen MR) is 60.0 cm³/mol. The first-order chi connectivity index (χ1) is 6.72. The summed E-state index contributed by atoms with van der Waals surface area (Å²) in [7, 11) is 2.10. The fraction of sp³-hybridized carbons (Fsp3) is 0.800. The Morgan fingerprint density at radius 2 is 2.29 bits per heavy atom. The molecule has 1 heterocycles. The smallest absolute Gasteiger partial charge is 0.205 e. The number of anilines is 1. The number of aromatic nitrogens is 2. The second-order valence-electron chi connectivity index (χ2n) is 4.08. The molecule has 78 valence electrons.